The zero-order valence-corrected chi connectivity index (χ0v) is 7.92. The van der Waals surface area contributed by atoms with Crippen molar-refractivity contribution in [1.29, 1.82) is 0 Å². The van der Waals surface area contributed by atoms with Gasteiger partial charge in [0.15, 0.2) is 0 Å². The first-order chi connectivity index (χ1) is 5.20. The van der Waals surface area contributed by atoms with Crippen molar-refractivity contribution in [2.75, 3.05) is 0 Å². The molecule has 80 valence electrons. The van der Waals surface area contributed by atoms with Crippen molar-refractivity contribution in [2.45, 2.75) is 0 Å². The van der Waals surface area contributed by atoms with Crippen LogP contribution in [0.2, 0.25) is 0 Å². The second kappa shape index (κ2) is 17.2. The summed E-state index contributed by atoms with van der Waals surface area (Å²) in [5.74, 6) is 0. The maximum atomic E-state index is 8.67. The Kier molecular flexibility index (Phi) is 30.1. The number of hydrogen-bond donors (Lipinski definition) is 3. The van der Waals surface area contributed by atoms with Crippen LogP contribution >= 0.6 is 0 Å². The van der Waals surface area contributed by atoms with Gasteiger partial charge >= 0.3 is 37.7 Å². The number of primary amides is 3. The fraction of sp³-hybridized carbons (Fsp3) is 0. The molecule has 0 unspecified atom stereocenters. The van der Waals surface area contributed by atoms with E-state index in [1.54, 1.807) is 0 Å². The molecule has 10 heteroatoms. The van der Waals surface area contributed by atoms with Crippen LogP contribution in [0.1, 0.15) is 0 Å². The van der Waals surface area contributed by atoms with E-state index < -0.39 is 18.3 Å². The molecule has 0 saturated carbocycles. The third-order valence-electron chi connectivity index (χ3n) is 0. The van der Waals surface area contributed by atoms with Gasteiger partial charge in [-0.2, -0.15) is 0 Å². The standard InChI is InChI=1S/3CH3NO2.Ho/c3*2-1(3)4;/h3*2H2,(H,3,4);/q;;;+3/p-3. The molecule has 0 bridgehead atoms. The molecule has 0 heterocycles. The molecule has 0 fully saturated rings. The summed E-state index contributed by atoms with van der Waals surface area (Å²) in [6, 6.07) is 0. The summed E-state index contributed by atoms with van der Waals surface area (Å²) in [6.07, 6.45) is -4.75. The van der Waals surface area contributed by atoms with Crippen molar-refractivity contribution in [3.05, 3.63) is 0 Å². The summed E-state index contributed by atoms with van der Waals surface area (Å²) < 4.78 is 0. The Labute approximate surface area is 102 Å². The summed E-state index contributed by atoms with van der Waals surface area (Å²) in [5.41, 5.74) is 11.8. The van der Waals surface area contributed by atoms with Crippen LogP contribution in [0.4, 0.5) is 14.4 Å². The third kappa shape index (κ3) is 1050. The minimum atomic E-state index is -1.58. The van der Waals surface area contributed by atoms with Crippen molar-refractivity contribution in [3.8, 4) is 0 Å². The van der Waals surface area contributed by atoms with Gasteiger partial charge in [0, 0.05) is 0 Å². The second-order valence-electron chi connectivity index (χ2n) is 0.957. The Balaban J connectivity index is -0.0000000450. The number of hydrogen-bond acceptors (Lipinski definition) is 6. The molecule has 0 aliphatic rings. The molecule has 0 atom stereocenters. The second-order valence-corrected chi connectivity index (χ2v) is 0.957. The largest absolute Gasteiger partial charge is 3.00 e. The maximum absolute atomic E-state index is 8.67. The van der Waals surface area contributed by atoms with Crippen molar-refractivity contribution in [2.24, 2.45) is 17.2 Å². The average Bonchev–Trinajstić information content (AvgIpc) is 1.54. The fourth-order valence-corrected chi connectivity index (χ4v) is 0. The van der Waals surface area contributed by atoms with Crippen molar-refractivity contribution in [1.82, 2.24) is 0 Å². The molecule has 0 aromatic carbocycles. The van der Waals surface area contributed by atoms with Gasteiger partial charge < -0.3 is 46.9 Å². The fourth-order valence-electron chi connectivity index (χ4n) is 0. The molecule has 0 radical (unpaired) electrons. The molecule has 0 aliphatic carbocycles. The van der Waals surface area contributed by atoms with E-state index in [2.05, 4.69) is 17.2 Å². The van der Waals surface area contributed by atoms with Gasteiger partial charge in [-0.3, -0.25) is 0 Å². The smallest absolute Gasteiger partial charge is 0.530 e. The molecule has 0 aromatic heterocycles. The van der Waals surface area contributed by atoms with Crippen LogP contribution < -0.4 is 32.5 Å². The summed E-state index contributed by atoms with van der Waals surface area (Å²) in [4.78, 5) is 26.0. The van der Waals surface area contributed by atoms with Crippen molar-refractivity contribution < 1.29 is 67.4 Å². The van der Waals surface area contributed by atoms with E-state index in [4.69, 9.17) is 29.7 Å². The molecular formula is C3H6HoN3O6. The predicted molar refractivity (Wildman–Crippen MR) is 28.8 cm³/mol. The molecule has 3 amide bonds. The SMILES string of the molecule is NC(=O)[O-].NC(=O)[O-].NC(=O)[O-].[Ho+3]. The zero-order valence-electron chi connectivity index (χ0n) is 5.98. The van der Waals surface area contributed by atoms with E-state index in [0.717, 1.165) is 0 Å². The first kappa shape index (κ1) is 22.7. The number of nitrogens with two attached hydrogens (primary N) is 3. The monoisotopic (exact) mass is 345 g/mol. The molecule has 6 N–H and O–H groups in total. The van der Waals surface area contributed by atoms with Gasteiger partial charge in [0.2, 0.25) is 0 Å². The number of amides is 3. The molecule has 9 nitrogen and oxygen atoms in total. The summed E-state index contributed by atoms with van der Waals surface area (Å²) in [5, 5.41) is 26.0. The Morgan fingerprint density at radius 2 is 0.692 bits per heavy atom. The number of carbonyl (C=O) groups is 3. The van der Waals surface area contributed by atoms with Gasteiger partial charge in [-0.25, -0.2) is 0 Å². The summed E-state index contributed by atoms with van der Waals surface area (Å²) in [7, 11) is 0. The Bertz CT molecular complexity index is 121. The van der Waals surface area contributed by atoms with E-state index in [-0.39, 0.29) is 37.7 Å². The van der Waals surface area contributed by atoms with Gasteiger partial charge in [0.25, 0.3) is 0 Å². The topological polar surface area (TPSA) is 198 Å². The summed E-state index contributed by atoms with van der Waals surface area (Å²) in [6.45, 7) is 0. The van der Waals surface area contributed by atoms with Gasteiger partial charge in [-0.05, 0) is 0 Å². The van der Waals surface area contributed by atoms with Gasteiger partial charge in [0.05, 0.1) is 0 Å². The van der Waals surface area contributed by atoms with E-state index in [1.807, 2.05) is 0 Å². The molecule has 13 heavy (non-hydrogen) atoms. The molecular weight excluding hydrogens is 339 g/mol. The maximum Gasteiger partial charge on any atom is 3.00 e. The van der Waals surface area contributed by atoms with Crippen LogP contribution in [0.3, 0.4) is 0 Å². The van der Waals surface area contributed by atoms with E-state index in [9.17, 15) is 0 Å². The van der Waals surface area contributed by atoms with Crippen LogP contribution in [0, 0.1) is 37.7 Å². The third-order valence-corrected chi connectivity index (χ3v) is 0. The van der Waals surface area contributed by atoms with E-state index in [1.165, 1.54) is 0 Å². The minimum absolute atomic E-state index is 0. The van der Waals surface area contributed by atoms with E-state index in [0.29, 0.717) is 0 Å². The zero-order chi connectivity index (χ0) is 10.7. The Morgan fingerprint density at radius 3 is 0.692 bits per heavy atom. The van der Waals surface area contributed by atoms with Gasteiger partial charge in [0.1, 0.15) is 18.3 Å². The average molecular weight is 345 g/mol. The first-order valence-electron chi connectivity index (χ1n) is 2.09. The van der Waals surface area contributed by atoms with Gasteiger partial charge in [-0.1, -0.05) is 0 Å². The Hall–Kier alpha value is -0.930. The van der Waals surface area contributed by atoms with Crippen molar-refractivity contribution in [3.63, 3.8) is 0 Å². The molecule has 0 aromatic rings. The number of carboxylic acid groups (broad SMARTS) is 3. The number of rotatable bonds is 0. The number of carbonyl (C=O) groups excluding carboxylic acids is 3. The summed E-state index contributed by atoms with van der Waals surface area (Å²) >= 11 is 0. The minimum Gasteiger partial charge on any atom is -0.530 e. The molecule has 0 rings (SSSR count). The van der Waals surface area contributed by atoms with Crippen LogP contribution in [0.25, 0.3) is 0 Å². The van der Waals surface area contributed by atoms with Crippen LogP contribution in [-0.2, 0) is 0 Å². The van der Waals surface area contributed by atoms with Crippen molar-refractivity contribution >= 4 is 18.3 Å². The molecule has 0 aliphatic heterocycles. The van der Waals surface area contributed by atoms with Crippen LogP contribution in [-0.4, -0.2) is 18.3 Å². The molecule has 0 spiro atoms. The molecule has 0 saturated heterocycles. The Morgan fingerprint density at radius 1 is 0.692 bits per heavy atom. The van der Waals surface area contributed by atoms with E-state index >= 15 is 0 Å². The predicted octanol–water partition coefficient (Wildman–Crippen LogP) is -5.13. The van der Waals surface area contributed by atoms with Gasteiger partial charge in [-0.15, -0.1) is 0 Å². The van der Waals surface area contributed by atoms with Crippen LogP contribution in [0.5, 0.6) is 0 Å². The normalized spacial score (nSPS) is 5.54. The first-order valence-corrected chi connectivity index (χ1v) is 2.09. The van der Waals surface area contributed by atoms with Crippen LogP contribution in [0.15, 0.2) is 0 Å². The quantitative estimate of drug-likeness (QED) is 0.366.